The van der Waals surface area contributed by atoms with Crippen molar-refractivity contribution in [3.63, 3.8) is 0 Å². The van der Waals surface area contributed by atoms with Gasteiger partial charge >= 0.3 is 0 Å². The molecule has 0 atom stereocenters. The SMILES string of the molecule is C=CCOc1ccc(-c2nn(-c3ccccc3)cc2/C=c2\sc3nc4ccccc4n3c2=O)cc1C. The molecule has 6 aromatic rings. The summed E-state index contributed by atoms with van der Waals surface area (Å²) in [4.78, 5) is 18.7. The molecule has 3 heterocycles. The number of aryl methyl sites for hydroxylation is 1. The largest absolute Gasteiger partial charge is 0.489 e. The van der Waals surface area contributed by atoms with Crippen LogP contribution in [0.15, 0.2) is 96.4 Å². The first kappa shape index (κ1) is 22.0. The lowest BCUT2D eigenvalue weighted by molar-refractivity contribution is 0.361. The molecule has 0 saturated heterocycles. The molecule has 7 heteroatoms. The van der Waals surface area contributed by atoms with E-state index in [9.17, 15) is 4.79 Å². The summed E-state index contributed by atoms with van der Waals surface area (Å²) in [6.07, 6.45) is 5.60. The highest BCUT2D eigenvalue weighted by molar-refractivity contribution is 7.15. The van der Waals surface area contributed by atoms with Crippen molar-refractivity contribution in [1.29, 1.82) is 0 Å². The number of rotatable bonds is 6. The second kappa shape index (κ2) is 8.94. The van der Waals surface area contributed by atoms with Gasteiger partial charge < -0.3 is 4.74 Å². The lowest BCUT2D eigenvalue weighted by Crippen LogP contribution is -2.22. The van der Waals surface area contributed by atoms with Gasteiger partial charge in [0, 0.05) is 17.3 Å². The van der Waals surface area contributed by atoms with E-state index in [0.29, 0.717) is 16.1 Å². The van der Waals surface area contributed by atoms with Crippen molar-refractivity contribution in [3.05, 3.63) is 118 Å². The van der Waals surface area contributed by atoms with Crippen LogP contribution in [0.25, 0.3) is 39.0 Å². The van der Waals surface area contributed by atoms with Crippen LogP contribution in [0.5, 0.6) is 5.75 Å². The summed E-state index contributed by atoms with van der Waals surface area (Å²) in [6, 6.07) is 23.6. The topological polar surface area (TPSA) is 61.4 Å². The summed E-state index contributed by atoms with van der Waals surface area (Å²) >= 11 is 1.39. The first-order chi connectivity index (χ1) is 17.6. The first-order valence-electron chi connectivity index (χ1n) is 11.5. The van der Waals surface area contributed by atoms with Crippen LogP contribution in [0.4, 0.5) is 0 Å². The molecule has 0 saturated carbocycles. The van der Waals surface area contributed by atoms with Gasteiger partial charge in [-0.1, -0.05) is 54.3 Å². The molecule has 6 nitrogen and oxygen atoms in total. The smallest absolute Gasteiger partial charge is 0.274 e. The van der Waals surface area contributed by atoms with Gasteiger partial charge in [0.05, 0.1) is 21.3 Å². The molecule has 6 rings (SSSR count). The van der Waals surface area contributed by atoms with Crippen LogP contribution < -0.4 is 14.8 Å². The van der Waals surface area contributed by atoms with E-state index in [1.807, 2.05) is 90.6 Å². The number of imidazole rings is 1. The van der Waals surface area contributed by atoms with Crippen LogP contribution in [0.2, 0.25) is 0 Å². The Morgan fingerprint density at radius 1 is 1.06 bits per heavy atom. The zero-order chi connectivity index (χ0) is 24.6. The summed E-state index contributed by atoms with van der Waals surface area (Å²) in [7, 11) is 0. The molecule has 0 fully saturated rings. The van der Waals surface area contributed by atoms with Crippen LogP contribution in [-0.2, 0) is 0 Å². The number of fused-ring (bicyclic) bond motifs is 3. The summed E-state index contributed by atoms with van der Waals surface area (Å²) in [6.45, 7) is 6.17. The van der Waals surface area contributed by atoms with Crippen LogP contribution >= 0.6 is 11.3 Å². The average Bonchev–Trinajstić information content (AvgIpc) is 3.57. The summed E-state index contributed by atoms with van der Waals surface area (Å²) in [5.41, 5.74) is 6.08. The molecular formula is C29H22N4O2S. The zero-order valence-corrected chi connectivity index (χ0v) is 20.4. The predicted octanol–water partition coefficient (Wildman–Crippen LogP) is 5.18. The molecule has 0 radical (unpaired) electrons. The van der Waals surface area contributed by atoms with E-state index in [1.165, 1.54) is 11.3 Å². The van der Waals surface area contributed by atoms with Gasteiger partial charge in [0.15, 0.2) is 4.96 Å². The lowest BCUT2D eigenvalue weighted by Gasteiger charge is -2.08. The van der Waals surface area contributed by atoms with Gasteiger partial charge in [0.2, 0.25) is 0 Å². The minimum absolute atomic E-state index is 0.0773. The van der Waals surface area contributed by atoms with Gasteiger partial charge in [0.25, 0.3) is 5.56 Å². The minimum atomic E-state index is -0.0773. The van der Waals surface area contributed by atoms with E-state index < -0.39 is 0 Å². The van der Waals surface area contributed by atoms with Crippen molar-refractivity contribution in [2.45, 2.75) is 6.92 Å². The fourth-order valence-electron chi connectivity index (χ4n) is 4.29. The van der Waals surface area contributed by atoms with Gasteiger partial charge in [-0.15, -0.1) is 0 Å². The van der Waals surface area contributed by atoms with Crippen molar-refractivity contribution in [2.24, 2.45) is 0 Å². The second-order valence-corrected chi connectivity index (χ2v) is 9.44. The van der Waals surface area contributed by atoms with E-state index in [0.717, 1.165) is 44.9 Å². The third kappa shape index (κ3) is 3.79. The number of aromatic nitrogens is 4. The van der Waals surface area contributed by atoms with E-state index >= 15 is 0 Å². The monoisotopic (exact) mass is 490 g/mol. The maximum absolute atomic E-state index is 13.4. The molecule has 0 amide bonds. The molecule has 176 valence electrons. The van der Waals surface area contributed by atoms with Gasteiger partial charge in [-0.3, -0.25) is 4.79 Å². The van der Waals surface area contributed by atoms with Gasteiger partial charge in [-0.2, -0.15) is 5.10 Å². The van der Waals surface area contributed by atoms with Crippen molar-refractivity contribution in [3.8, 4) is 22.7 Å². The number of hydrogen-bond donors (Lipinski definition) is 0. The van der Waals surface area contributed by atoms with E-state index in [4.69, 9.17) is 9.84 Å². The Morgan fingerprint density at radius 3 is 2.67 bits per heavy atom. The Balaban J connectivity index is 1.53. The number of benzene rings is 3. The number of nitrogens with zero attached hydrogens (tertiary/aromatic N) is 4. The van der Waals surface area contributed by atoms with Crippen molar-refractivity contribution in [2.75, 3.05) is 6.61 Å². The highest BCUT2D eigenvalue weighted by Gasteiger charge is 2.15. The Hall–Kier alpha value is -4.49. The number of ether oxygens (including phenoxy) is 1. The quantitative estimate of drug-likeness (QED) is 0.302. The highest BCUT2D eigenvalue weighted by Crippen LogP contribution is 2.29. The molecule has 0 unspecified atom stereocenters. The standard InChI is InChI=1S/C29H22N4O2S/c1-3-15-35-25-14-13-20(16-19(25)2)27-21(18-32(31-27)22-9-5-4-6-10-22)17-26-28(34)33-24-12-8-7-11-23(24)30-29(33)36-26/h3-14,16-18H,1,15H2,2H3/b26-17-. The van der Waals surface area contributed by atoms with Crippen LogP contribution in [0.3, 0.4) is 0 Å². The summed E-state index contributed by atoms with van der Waals surface area (Å²) in [5, 5.41) is 4.91. The van der Waals surface area contributed by atoms with Gasteiger partial charge in [0.1, 0.15) is 18.1 Å². The Kier molecular flexibility index (Phi) is 5.47. The molecule has 0 bridgehead atoms. The highest BCUT2D eigenvalue weighted by atomic mass is 32.1. The fourth-order valence-corrected chi connectivity index (χ4v) is 5.27. The Labute approximate surface area is 211 Å². The molecule has 3 aromatic carbocycles. The minimum Gasteiger partial charge on any atom is -0.489 e. The molecule has 0 aliphatic heterocycles. The van der Waals surface area contributed by atoms with E-state index in [1.54, 1.807) is 10.5 Å². The molecule has 3 aromatic heterocycles. The Bertz CT molecular complexity index is 1850. The third-order valence-corrected chi connectivity index (χ3v) is 6.97. The summed E-state index contributed by atoms with van der Waals surface area (Å²) in [5.74, 6) is 0.805. The van der Waals surface area contributed by atoms with E-state index in [2.05, 4.69) is 17.6 Å². The zero-order valence-electron chi connectivity index (χ0n) is 19.6. The molecule has 36 heavy (non-hydrogen) atoms. The van der Waals surface area contributed by atoms with Crippen LogP contribution in [0.1, 0.15) is 11.1 Å². The van der Waals surface area contributed by atoms with Crippen molar-refractivity contribution in [1.82, 2.24) is 19.2 Å². The normalized spacial score (nSPS) is 12.0. The van der Waals surface area contributed by atoms with Crippen molar-refractivity contribution < 1.29 is 4.74 Å². The summed E-state index contributed by atoms with van der Waals surface area (Å²) < 4.78 is 9.89. The molecule has 0 spiro atoms. The Morgan fingerprint density at radius 2 is 1.86 bits per heavy atom. The number of hydrogen-bond acceptors (Lipinski definition) is 5. The van der Waals surface area contributed by atoms with E-state index in [-0.39, 0.29) is 5.56 Å². The van der Waals surface area contributed by atoms with Crippen LogP contribution in [0, 0.1) is 6.92 Å². The average molecular weight is 491 g/mol. The molecule has 0 aliphatic carbocycles. The van der Waals surface area contributed by atoms with Crippen molar-refractivity contribution >= 4 is 33.4 Å². The number of para-hydroxylation sites is 3. The maximum atomic E-state index is 13.4. The fraction of sp³-hybridized carbons (Fsp3) is 0.0690. The lowest BCUT2D eigenvalue weighted by atomic mass is 10.0. The number of thiazole rings is 1. The molecule has 0 N–H and O–H groups in total. The van der Waals surface area contributed by atoms with Gasteiger partial charge in [-0.05, 0) is 61.0 Å². The third-order valence-electron chi connectivity index (χ3n) is 6.00. The molecular weight excluding hydrogens is 468 g/mol. The first-order valence-corrected chi connectivity index (χ1v) is 12.4. The second-order valence-electron chi connectivity index (χ2n) is 8.43. The molecule has 0 aliphatic rings. The predicted molar refractivity (Wildman–Crippen MR) is 145 cm³/mol. The van der Waals surface area contributed by atoms with Gasteiger partial charge in [-0.25, -0.2) is 14.1 Å². The van der Waals surface area contributed by atoms with Crippen LogP contribution in [-0.4, -0.2) is 25.8 Å². The maximum Gasteiger partial charge on any atom is 0.274 e.